The number of benzene rings is 1. The first-order valence-corrected chi connectivity index (χ1v) is 6.80. The number of nitrogens with zero attached hydrogens (tertiary/aromatic N) is 1. The van der Waals surface area contributed by atoms with E-state index in [0.29, 0.717) is 6.54 Å². The van der Waals surface area contributed by atoms with Crippen molar-refractivity contribution in [1.82, 2.24) is 4.98 Å². The maximum Gasteiger partial charge on any atom is 0.123 e. The lowest BCUT2D eigenvalue weighted by molar-refractivity contribution is 0.131. The molecule has 2 rings (SSSR count). The second-order valence-electron chi connectivity index (χ2n) is 5.09. The van der Waals surface area contributed by atoms with Crippen LogP contribution < -0.4 is 10.5 Å². The highest BCUT2D eigenvalue weighted by molar-refractivity contribution is 7.13. The van der Waals surface area contributed by atoms with Crippen molar-refractivity contribution in [2.24, 2.45) is 5.73 Å². The predicted molar refractivity (Wildman–Crippen MR) is 75.8 cm³/mol. The van der Waals surface area contributed by atoms with Gasteiger partial charge in [-0.25, -0.2) is 4.98 Å². The largest absolute Gasteiger partial charge is 0.488 e. The molecule has 0 aliphatic rings. The molecule has 96 valence electrons. The van der Waals surface area contributed by atoms with Crippen LogP contribution in [0.3, 0.4) is 0 Å². The number of thiazole rings is 1. The van der Waals surface area contributed by atoms with E-state index >= 15 is 0 Å². The summed E-state index contributed by atoms with van der Waals surface area (Å²) in [6.45, 7) is 6.60. The molecule has 0 aliphatic heterocycles. The fraction of sp³-hybridized carbons (Fsp3) is 0.357. The topological polar surface area (TPSA) is 48.1 Å². The minimum absolute atomic E-state index is 0.171. The van der Waals surface area contributed by atoms with Gasteiger partial charge in [-0.1, -0.05) is 0 Å². The van der Waals surface area contributed by atoms with E-state index in [9.17, 15) is 0 Å². The predicted octanol–water partition coefficient (Wildman–Crippen LogP) is 3.45. The van der Waals surface area contributed by atoms with Crippen molar-refractivity contribution in [2.45, 2.75) is 32.9 Å². The van der Waals surface area contributed by atoms with E-state index in [1.54, 1.807) is 11.3 Å². The maximum atomic E-state index is 5.78. The van der Waals surface area contributed by atoms with E-state index < -0.39 is 0 Å². The van der Waals surface area contributed by atoms with Gasteiger partial charge < -0.3 is 10.5 Å². The molecule has 1 aromatic heterocycles. The molecule has 0 aliphatic carbocycles. The molecule has 1 aromatic carbocycles. The Hall–Kier alpha value is -1.39. The summed E-state index contributed by atoms with van der Waals surface area (Å²) in [5.41, 5.74) is 7.42. The van der Waals surface area contributed by atoms with E-state index in [2.05, 4.69) is 4.98 Å². The van der Waals surface area contributed by atoms with Gasteiger partial charge in [0.25, 0.3) is 0 Å². The standard InChI is InChI=1S/C14H18N2OS/c1-14(2,3)17-12-6-4-10(5-7-12)13-16-11(8-15)9-18-13/h4-7,9H,8,15H2,1-3H3. The van der Waals surface area contributed by atoms with E-state index in [0.717, 1.165) is 22.0 Å². The van der Waals surface area contributed by atoms with Crippen LogP contribution in [0, 0.1) is 0 Å². The van der Waals surface area contributed by atoms with Crippen LogP contribution in [0.2, 0.25) is 0 Å². The Kier molecular flexibility index (Phi) is 3.68. The molecule has 0 saturated heterocycles. The molecule has 1 heterocycles. The molecule has 0 bridgehead atoms. The normalized spacial score (nSPS) is 11.6. The van der Waals surface area contributed by atoms with Gasteiger partial charge in [-0.3, -0.25) is 0 Å². The summed E-state index contributed by atoms with van der Waals surface area (Å²) in [6, 6.07) is 8.01. The van der Waals surface area contributed by atoms with E-state index in [4.69, 9.17) is 10.5 Å². The van der Waals surface area contributed by atoms with Gasteiger partial charge in [-0.2, -0.15) is 0 Å². The summed E-state index contributed by atoms with van der Waals surface area (Å²) >= 11 is 1.61. The van der Waals surface area contributed by atoms with Gasteiger partial charge in [0.1, 0.15) is 16.4 Å². The second-order valence-corrected chi connectivity index (χ2v) is 5.95. The van der Waals surface area contributed by atoms with Crippen molar-refractivity contribution in [3.05, 3.63) is 35.3 Å². The van der Waals surface area contributed by atoms with Gasteiger partial charge in [-0.05, 0) is 45.0 Å². The summed E-state index contributed by atoms with van der Waals surface area (Å²) in [6.07, 6.45) is 0. The molecular formula is C14H18N2OS. The molecule has 0 amide bonds. The van der Waals surface area contributed by atoms with E-state index in [1.807, 2.05) is 50.4 Å². The Morgan fingerprint density at radius 3 is 2.39 bits per heavy atom. The number of nitrogens with two attached hydrogens (primary N) is 1. The lowest BCUT2D eigenvalue weighted by Crippen LogP contribution is -2.22. The summed E-state index contributed by atoms with van der Waals surface area (Å²) in [7, 11) is 0. The van der Waals surface area contributed by atoms with Gasteiger partial charge in [0.15, 0.2) is 0 Å². The Balaban J connectivity index is 2.17. The number of hydrogen-bond acceptors (Lipinski definition) is 4. The Morgan fingerprint density at radius 2 is 1.89 bits per heavy atom. The highest BCUT2D eigenvalue weighted by Gasteiger charge is 2.11. The van der Waals surface area contributed by atoms with Crippen LogP contribution in [0.1, 0.15) is 26.5 Å². The smallest absolute Gasteiger partial charge is 0.123 e. The van der Waals surface area contributed by atoms with Gasteiger partial charge in [0.2, 0.25) is 0 Å². The average Bonchev–Trinajstić information content (AvgIpc) is 2.76. The number of ether oxygens (including phenoxy) is 1. The minimum atomic E-state index is -0.171. The Bertz CT molecular complexity index is 511. The van der Waals surface area contributed by atoms with Crippen LogP contribution in [-0.2, 0) is 6.54 Å². The third-order valence-corrected chi connectivity index (χ3v) is 3.23. The lowest BCUT2D eigenvalue weighted by atomic mass is 10.2. The molecule has 0 unspecified atom stereocenters. The van der Waals surface area contributed by atoms with E-state index in [1.165, 1.54) is 0 Å². The van der Waals surface area contributed by atoms with Crippen LogP contribution >= 0.6 is 11.3 Å². The summed E-state index contributed by atoms with van der Waals surface area (Å²) in [5, 5.41) is 2.99. The lowest BCUT2D eigenvalue weighted by Gasteiger charge is -2.21. The first-order valence-electron chi connectivity index (χ1n) is 5.92. The molecule has 4 heteroatoms. The average molecular weight is 262 g/mol. The second kappa shape index (κ2) is 5.08. The molecule has 0 spiro atoms. The molecule has 2 aromatic rings. The van der Waals surface area contributed by atoms with Gasteiger partial charge in [0.05, 0.1) is 5.69 Å². The van der Waals surface area contributed by atoms with Crippen molar-refractivity contribution < 1.29 is 4.74 Å². The third-order valence-electron chi connectivity index (χ3n) is 2.29. The molecule has 3 nitrogen and oxygen atoms in total. The molecule has 0 fully saturated rings. The van der Waals surface area contributed by atoms with Crippen LogP contribution in [0.25, 0.3) is 10.6 Å². The molecule has 0 saturated carbocycles. The Labute approximate surface area is 112 Å². The van der Waals surface area contributed by atoms with Crippen LogP contribution in [0.4, 0.5) is 0 Å². The summed E-state index contributed by atoms with van der Waals surface area (Å²) in [4.78, 5) is 4.46. The highest BCUT2D eigenvalue weighted by atomic mass is 32.1. The Morgan fingerprint density at radius 1 is 1.22 bits per heavy atom. The maximum absolute atomic E-state index is 5.78. The molecule has 18 heavy (non-hydrogen) atoms. The van der Waals surface area contributed by atoms with Gasteiger partial charge in [-0.15, -0.1) is 11.3 Å². The zero-order valence-corrected chi connectivity index (χ0v) is 11.8. The van der Waals surface area contributed by atoms with E-state index in [-0.39, 0.29) is 5.60 Å². The van der Waals surface area contributed by atoms with Crippen molar-refractivity contribution >= 4 is 11.3 Å². The monoisotopic (exact) mass is 262 g/mol. The summed E-state index contributed by atoms with van der Waals surface area (Å²) in [5.74, 6) is 0.877. The van der Waals surface area contributed by atoms with Crippen LogP contribution in [0.15, 0.2) is 29.6 Å². The van der Waals surface area contributed by atoms with Crippen molar-refractivity contribution in [2.75, 3.05) is 0 Å². The SMILES string of the molecule is CC(C)(C)Oc1ccc(-c2nc(CN)cs2)cc1. The van der Waals surface area contributed by atoms with Gasteiger partial charge >= 0.3 is 0 Å². The van der Waals surface area contributed by atoms with Crippen molar-refractivity contribution in [3.8, 4) is 16.3 Å². The molecule has 0 radical (unpaired) electrons. The third kappa shape index (κ3) is 3.31. The first-order chi connectivity index (χ1) is 8.48. The summed E-state index contributed by atoms with van der Waals surface area (Å²) < 4.78 is 5.78. The zero-order chi connectivity index (χ0) is 13.2. The number of rotatable bonds is 3. The highest BCUT2D eigenvalue weighted by Crippen LogP contribution is 2.26. The van der Waals surface area contributed by atoms with Crippen LogP contribution in [-0.4, -0.2) is 10.6 Å². The minimum Gasteiger partial charge on any atom is -0.488 e. The fourth-order valence-electron chi connectivity index (χ4n) is 1.55. The molecule has 0 atom stereocenters. The van der Waals surface area contributed by atoms with Gasteiger partial charge in [0, 0.05) is 17.5 Å². The number of aromatic nitrogens is 1. The number of hydrogen-bond donors (Lipinski definition) is 1. The zero-order valence-electron chi connectivity index (χ0n) is 10.9. The van der Waals surface area contributed by atoms with Crippen molar-refractivity contribution in [3.63, 3.8) is 0 Å². The quantitative estimate of drug-likeness (QED) is 0.921. The molecule has 2 N–H and O–H groups in total. The van der Waals surface area contributed by atoms with Crippen molar-refractivity contribution in [1.29, 1.82) is 0 Å². The first kappa shape index (κ1) is 13.1. The molecular weight excluding hydrogens is 244 g/mol. The van der Waals surface area contributed by atoms with Crippen LogP contribution in [0.5, 0.6) is 5.75 Å². The fourth-order valence-corrected chi connectivity index (χ4v) is 2.39.